The summed E-state index contributed by atoms with van der Waals surface area (Å²) in [7, 11) is 0. The van der Waals surface area contributed by atoms with Gasteiger partial charge in [-0.1, -0.05) is 29.3 Å². The van der Waals surface area contributed by atoms with Crippen molar-refractivity contribution in [3.05, 3.63) is 28.2 Å². The first-order chi connectivity index (χ1) is 7.70. The summed E-state index contributed by atoms with van der Waals surface area (Å²) in [5.41, 5.74) is 1.68. The average molecular weight is 279 g/mol. The molecule has 1 aliphatic rings. The van der Waals surface area contributed by atoms with E-state index in [9.17, 15) is 0 Å². The fraction of sp³-hybridized carbons (Fsp3) is 0.462. The van der Waals surface area contributed by atoms with Crippen LogP contribution in [0.3, 0.4) is 0 Å². The topological polar surface area (TPSA) is 35.8 Å². The maximum atomic E-state index is 9.07. The van der Waals surface area contributed by atoms with Gasteiger partial charge >= 0.3 is 0 Å². The Bertz CT molecular complexity index is 422. The van der Waals surface area contributed by atoms with Crippen molar-refractivity contribution in [3.63, 3.8) is 0 Å². The number of anilines is 1. The second-order valence-electron chi connectivity index (χ2n) is 4.46. The quantitative estimate of drug-likeness (QED) is 0.890. The van der Waals surface area contributed by atoms with Crippen molar-refractivity contribution in [3.8, 4) is 6.07 Å². The lowest BCUT2D eigenvalue weighted by Gasteiger charge is -2.19. The highest BCUT2D eigenvalue weighted by atomic mass is 79.9. The molecule has 0 aromatic heterocycles. The van der Waals surface area contributed by atoms with E-state index in [1.54, 1.807) is 0 Å². The fourth-order valence-electron chi connectivity index (χ4n) is 2.29. The molecular weight excluding hydrogens is 264 g/mol. The van der Waals surface area contributed by atoms with Crippen molar-refractivity contribution in [2.24, 2.45) is 5.92 Å². The number of benzene rings is 1. The molecule has 1 aliphatic carbocycles. The van der Waals surface area contributed by atoms with Crippen molar-refractivity contribution < 1.29 is 0 Å². The molecule has 2 unspecified atom stereocenters. The average Bonchev–Trinajstić information content (AvgIpc) is 2.67. The summed E-state index contributed by atoms with van der Waals surface area (Å²) in [5.74, 6) is 0.704. The van der Waals surface area contributed by atoms with E-state index in [0.717, 1.165) is 10.2 Å². The Morgan fingerprint density at radius 3 is 2.88 bits per heavy atom. The molecule has 84 valence electrons. The van der Waals surface area contributed by atoms with Crippen LogP contribution in [0.25, 0.3) is 0 Å². The van der Waals surface area contributed by atoms with E-state index in [1.165, 1.54) is 19.3 Å². The maximum Gasteiger partial charge on any atom is 0.101 e. The van der Waals surface area contributed by atoms with Gasteiger partial charge in [0, 0.05) is 10.5 Å². The summed E-state index contributed by atoms with van der Waals surface area (Å²) < 4.78 is 0.953. The molecular formula is C13H15BrN2. The SMILES string of the molecule is CC1CCCC1Nc1ccc(Br)cc1C#N. The molecule has 1 fully saturated rings. The van der Waals surface area contributed by atoms with Gasteiger partial charge in [-0.25, -0.2) is 0 Å². The van der Waals surface area contributed by atoms with Crippen LogP contribution in [0.5, 0.6) is 0 Å². The normalized spacial score (nSPS) is 24.1. The molecule has 0 spiro atoms. The van der Waals surface area contributed by atoms with E-state index < -0.39 is 0 Å². The number of halogens is 1. The zero-order valence-corrected chi connectivity index (χ0v) is 10.9. The van der Waals surface area contributed by atoms with Crippen LogP contribution in [0.4, 0.5) is 5.69 Å². The van der Waals surface area contributed by atoms with Crippen LogP contribution in [0.15, 0.2) is 22.7 Å². The highest BCUT2D eigenvalue weighted by Crippen LogP contribution is 2.29. The Morgan fingerprint density at radius 2 is 2.25 bits per heavy atom. The Kier molecular flexibility index (Phi) is 3.50. The fourth-order valence-corrected chi connectivity index (χ4v) is 2.66. The molecule has 1 saturated carbocycles. The van der Waals surface area contributed by atoms with E-state index in [0.29, 0.717) is 17.5 Å². The van der Waals surface area contributed by atoms with Gasteiger partial charge in [0.05, 0.1) is 11.3 Å². The van der Waals surface area contributed by atoms with Crippen LogP contribution in [0.1, 0.15) is 31.7 Å². The molecule has 0 bridgehead atoms. The standard InChI is InChI=1S/C13H15BrN2/c1-9-3-2-4-12(9)16-13-6-5-11(14)7-10(13)8-15/h5-7,9,12,16H,2-4H2,1H3. The lowest BCUT2D eigenvalue weighted by molar-refractivity contribution is 0.556. The first kappa shape index (κ1) is 11.5. The summed E-state index contributed by atoms with van der Waals surface area (Å²) in [4.78, 5) is 0. The summed E-state index contributed by atoms with van der Waals surface area (Å²) in [6.07, 6.45) is 3.79. The minimum atomic E-state index is 0.522. The Balaban J connectivity index is 2.18. The van der Waals surface area contributed by atoms with Gasteiger partial charge in [0.25, 0.3) is 0 Å². The number of hydrogen-bond acceptors (Lipinski definition) is 2. The van der Waals surface area contributed by atoms with Crippen LogP contribution in [0, 0.1) is 17.2 Å². The van der Waals surface area contributed by atoms with E-state index in [4.69, 9.17) is 5.26 Å². The van der Waals surface area contributed by atoms with Gasteiger partial charge in [-0.05, 0) is 37.0 Å². The van der Waals surface area contributed by atoms with Gasteiger partial charge in [-0.2, -0.15) is 5.26 Å². The molecule has 1 N–H and O–H groups in total. The Hall–Kier alpha value is -1.01. The van der Waals surface area contributed by atoms with Gasteiger partial charge in [-0.15, -0.1) is 0 Å². The third-order valence-electron chi connectivity index (χ3n) is 3.30. The lowest BCUT2D eigenvalue weighted by atomic mass is 10.1. The molecule has 0 aliphatic heterocycles. The van der Waals surface area contributed by atoms with Gasteiger partial charge in [0.1, 0.15) is 6.07 Å². The van der Waals surface area contributed by atoms with Crippen molar-refractivity contribution in [2.75, 3.05) is 5.32 Å². The first-order valence-electron chi connectivity index (χ1n) is 5.67. The molecule has 0 heterocycles. The van der Waals surface area contributed by atoms with E-state index in [2.05, 4.69) is 34.2 Å². The highest BCUT2D eigenvalue weighted by Gasteiger charge is 2.23. The molecule has 2 nitrogen and oxygen atoms in total. The highest BCUT2D eigenvalue weighted by molar-refractivity contribution is 9.10. The molecule has 2 atom stereocenters. The van der Waals surface area contributed by atoms with Gasteiger partial charge in [0.2, 0.25) is 0 Å². The monoisotopic (exact) mass is 278 g/mol. The van der Waals surface area contributed by atoms with Crippen LogP contribution >= 0.6 is 15.9 Å². The van der Waals surface area contributed by atoms with Crippen molar-refractivity contribution in [1.29, 1.82) is 5.26 Å². The van der Waals surface area contributed by atoms with Crippen LogP contribution in [-0.4, -0.2) is 6.04 Å². The van der Waals surface area contributed by atoms with E-state index in [-0.39, 0.29) is 0 Å². The van der Waals surface area contributed by atoms with Gasteiger partial charge < -0.3 is 5.32 Å². The maximum absolute atomic E-state index is 9.07. The van der Waals surface area contributed by atoms with Crippen LogP contribution < -0.4 is 5.32 Å². The number of rotatable bonds is 2. The molecule has 2 rings (SSSR count). The van der Waals surface area contributed by atoms with Crippen LogP contribution in [0.2, 0.25) is 0 Å². The lowest BCUT2D eigenvalue weighted by Crippen LogP contribution is -2.22. The number of nitrogens with one attached hydrogen (secondary N) is 1. The predicted octanol–water partition coefficient (Wildman–Crippen LogP) is 3.92. The number of nitriles is 1. The second-order valence-corrected chi connectivity index (χ2v) is 5.38. The number of hydrogen-bond donors (Lipinski definition) is 1. The van der Waals surface area contributed by atoms with Crippen molar-refractivity contribution >= 4 is 21.6 Å². The summed E-state index contributed by atoms with van der Waals surface area (Å²) in [6.45, 7) is 2.27. The zero-order valence-electron chi connectivity index (χ0n) is 9.33. The van der Waals surface area contributed by atoms with E-state index >= 15 is 0 Å². The van der Waals surface area contributed by atoms with Gasteiger partial charge in [0.15, 0.2) is 0 Å². The molecule has 0 amide bonds. The molecule has 1 aromatic carbocycles. The third kappa shape index (κ3) is 2.38. The minimum Gasteiger partial charge on any atom is -0.381 e. The molecule has 0 radical (unpaired) electrons. The summed E-state index contributed by atoms with van der Waals surface area (Å²) in [5, 5.41) is 12.6. The molecule has 16 heavy (non-hydrogen) atoms. The first-order valence-corrected chi connectivity index (χ1v) is 6.46. The smallest absolute Gasteiger partial charge is 0.101 e. The minimum absolute atomic E-state index is 0.522. The third-order valence-corrected chi connectivity index (χ3v) is 3.80. The summed E-state index contributed by atoms with van der Waals surface area (Å²) in [6, 6.07) is 8.57. The second kappa shape index (κ2) is 4.88. The van der Waals surface area contributed by atoms with Gasteiger partial charge in [-0.3, -0.25) is 0 Å². The van der Waals surface area contributed by atoms with Crippen molar-refractivity contribution in [2.45, 2.75) is 32.2 Å². The van der Waals surface area contributed by atoms with Crippen molar-refractivity contribution in [1.82, 2.24) is 0 Å². The summed E-state index contributed by atoms with van der Waals surface area (Å²) >= 11 is 3.38. The largest absolute Gasteiger partial charge is 0.381 e. The molecule has 0 saturated heterocycles. The molecule has 3 heteroatoms. The predicted molar refractivity (Wildman–Crippen MR) is 69.3 cm³/mol. The Labute approximate surface area is 105 Å². The molecule has 1 aromatic rings. The zero-order chi connectivity index (χ0) is 11.5. The number of nitrogens with zero attached hydrogens (tertiary/aromatic N) is 1. The van der Waals surface area contributed by atoms with E-state index in [1.807, 2.05) is 18.2 Å². The Morgan fingerprint density at radius 1 is 1.44 bits per heavy atom. The van der Waals surface area contributed by atoms with Crippen LogP contribution in [-0.2, 0) is 0 Å².